The molecule has 5 heteroatoms. The van der Waals surface area contributed by atoms with E-state index in [1.54, 1.807) is 26.0 Å². The van der Waals surface area contributed by atoms with Gasteiger partial charge in [0.15, 0.2) is 0 Å². The molecule has 1 aromatic rings. The molecule has 0 saturated carbocycles. The van der Waals surface area contributed by atoms with E-state index < -0.39 is 5.54 Å². The van der Waals surface area contributed by atoms with Gasteiger partial charge in [0.05, 0.1) is 17.1 Å². The van der Waals surface area contributed by atoms with Crippen molar-refractivity contribution in [3.05, 3.63) is 35.4 Å². The fraction of sp³-hybridized carbons (Fsp3) is 0.385. The van der Waals surface area contributed by atoms with Crippen molar-refractivity contribution in [3.8, 4) is 0 Å². The molecular weight excluding hydrogens is 248 g/mol. The zero-order valence-corrected chi connectivity index (χ0v) is 11.4. The van der Waals surface area contributed by atoms with Crippen LogP contribution in [0.3, 0.4) is 0 Å². The summed E-state index contributed by atoms with van der Waals surface area (Å²) in [7, 11) is 0. The zero-order valence-electron chi connectivity index (χ0n) is 10.6. The van der Waals surface area contributed by atoms with Crippen molar-refractivity contribution < 1.29 is 9.90 Å². The van der Waals surface area contributed by atoms with Crippen LogP contribution in [-0.4, -0.2) is 28.1 Å². The van der Waals surface area contributed by atoms with Crippen LogP contribution >= 0.6 is 12.2 Å². The number of thiocarbonyl (C=S) groups is 1. The summed E-state index contributed by atoms with van der Waals surface area (Å²) in [4.78, 5) is 12.3. The molecule has 0 aromatic heterocycles. The van der Waals surface area contributed by atoms with Crippen molar-refractivity contribution in [2.45, 2.75) is 25.8 Å². The summed E-state index contributed by atoms with van der Waals surface area (Å²) in [5.41, 5.74) is 6.33. The maximum absolute atomic E-state index is 11.9. The van der Waals surface area contributed by atoms with Gasteiger partial charge in [-0.1, -0.05) is 24.4 Å². The molecule has 4 nitrogen and oxygen atoms in total. The molecule has 0 heterocycles. The molecule has 4 N–H and O–H groups in total. The number of benzene rings is 1. The van der Waals surface area contributed by atoms with Crippen LogP contribution in [0.4, 0.5) is 0 Å². The fourth-order valence-corrected chi connectivity index (χ4v) is 1.56. The highest BCUT2D eigenvalue weighted by Gasteiger charge is 2.19. The second-order valence-corrected chi connectivity index (χ2v) is 5.36. The molecule has 0 fully saturated rings. The number of hydrogen-bond donors (Lipinski definition) is 3. The second-order valence-electron chi connectivity index (χ2n) is 4.84. The average molecular weight is 266 g/mol. The van der Waals surface area contributed by atoms with Gasteiger partial charge in [-0.25, -0.2) is 0 Å². The number of nitrogens with one attached hydrogen (secondary N) is 1. The van der Waals surface area contributed by atoms with Crippen molar-refractivity contribution in [1.82, 2.24) is 5.32 Å². The Morgan fingerprint density at radius 3 is 2.39 bits per heavy atom. The van der Waals surface area contributed by atoms with E-state index in [-0.39, 0.29) is 12.5 Å². The molecule has 0 aliphatic carbocycles. The zero-order chi connectivity index (χ0) is 13.8. The van der Waals surface area contributed by atoms with Crippen LogP contribution in [0.1, 0.15) is 29.8 Å². The fourth-order valence-electron chi connectivity index (χ4n) is 1.39. The molecule has 0 aliphatic heterocycles. The third-order valence-corrected chi connectivity index (χ3v) is 2.59. The van der Waals surface area contributed by atoms with Crippen LogP contribution in [0, 0.1) is 0 Å². The summed E-state index contributed by atoms with van der Waals surface area (Å²) in [6.45, 7) is 3.40. The third kappa shape index (κ3) is 4.43. The lowest BCUT2D eigenvalue weighted by molar-refractivity contribution is 0.0869. The molecule has 0 saturated heterocycles. The first-order valence-electron chi connectivity index (χ1n) is 5.65. The van der Waals surface area contributed by atoms with Gasteiger partial charge in [-0.2, -0.15) is 0 Å². The topological polar surface area (TPSA) is 75.3 Å². The monoisotopic (exact) mass is 266 g/mol. The minimum Gasteiger partial charge on any atom is -0.394 e. The SMILES string of the molecule is CC(C)(CO)NC(=O)c1ccc(CC(N)=S)cc1. The van der Waals surface area contributed by atoms with Gasteiger partial charge in [-0.15, -0.1) is 0 Å². The summed E-state index contributed by atoms with van der Waals surface area (Å²) < 4.78 is 0. The van der Waals surface area contributed by atoms with Crippen LogP contribution in [0.15, 0.2) is 24.3 Å². The van der Waals surface area contributed by atoms with Crippen LogP contribution < -0.4 is 11.1 Å². The van der Waals surface area contributed by atoms with Gasteiger partial charge in [0.25, 0.3) is 5.91 Å². The minimum atomic E-state index is -0.630. The van der Waals surface area contributed by atoms with E-state index in [0.717, 1.165) is 5.56 Å². The van der Waals surface area contributed by atoms with E-state index in [9.17, 15) is 4.79 Å². The molecule has 18 heavy (non-hydrogen) atoms. The summed E-state index contributed by atoms with van der Waals surface area (Å²) in [5, 5.41) is 11.8. The standard InChI is InChI=1S/C13H18N2O2S/c1-13(2,8-16)15-12(17)10-5-3-9(4-6-10)7-11(14)18/h3-6,16H,7-8H2,1-2H3,(H2,14,18)(H,15,17). The van der Waals surface area contributed by atoms with Gasteiger partial charge in [0.1, 0.15) is 0 Å². The van der Waals surface area contributed by atoms with Crippen LogP contribution in [0.2, 0.25) is 0 Å². The largest absolute Gasteiger partial charge is 0.394 e. The van der Waals surface area contributed by atoms with Gasteiger partial charge in [0, 0.05) is 12.0 Å². The Labute approximate surface area is 112 Å². The molecule has 1 amide bonds. The Morgan fingerprint density at radius 2 is 1.94 bits per heavy atom. The van der Waals surface area contributed by atoms with Crippen LogP contribution in [-0.2, 0) is 6.42 Å². The first kappa shape index (κ1) is 14.6. The predicted octanol–water partition coefficient (Wildman–Crippen LogP) is 1.02. The molecular formula is C13H18N2O2S. The Bertz CT molecular complexity index is 441. The molecule has 0 bridgehead atoms. The number of amides is 1. The van der Waals surface area contributed by atoms with Crippen molar-refractivity contribution in [2.24, 2.45) is 5.73 Å². The van der Waals surface area contributed by atoms with Crippen molar-refractivity contribution in [2.75, 3.05) is 6.61 Å². The highest BCUT2D eigenvalue weighted by atomic mass is 32.1. The van der Waals surface area contributed by atoms with E-state index in [4.69, 9.17) is 23.1 Å². The molecule has 98 valence electrons. The highest BCUT2D eigenvalue weighted by Crippen LogP contribution is 2.08. The maximum Gasteiger partial charge on any atom is 0.251 e. The molecule has 0 unspecified atom stereocenters. The normalized spacial score (nSPS) is 11.1. The third-order valence-electron chi connectivity index (χ3n) is 2.44. The summed E-state index contributed by atoms with van der Waals surface area (Å²) >= 11 is 4.82. The number of carbonyl (C=O) groups excluding carboxylic acids is 1. The summed E-state index contributed by atoms with van der Waals surface area (Å²) in [5.74, 6) is -0.212. The Balaban J connectivity index is 2.73. The van der Waals surface area contributed by atoms with E-state index in [2.05, 4.69) is 5.32 Å². The average Bonchev–Trinajstić information content (AvgIpc) is 2.28. The molecule has 0 radical (unpaired) electrons. The molecule has 0 atom stereocenters. The van der Waals surface area contributed by atoms with Gasteiger partial charge >= 0.3 is 0 Å². The smallest absolute Gasteiger partial charge is 0.251 e. The number of aliphatic hydroxyl groups excluding tert-OH is 1. The Morgan fingerprint density at radius 1 is 1.39 bits per heavy atom. The lowest BCUT2D eigenvalue weighted by atomic mass is 10.0. The quantitative estimate of drug-likeness (QED) is 0.695. The predicted molar refractivity (Wildman–Crippen MR) is 75.6 cm³/mol. The van der Waals surface area contributed by atoms with Crippen molar-refractivity contribution in [3.63, 3.8) is 0 Å². The number of carbonyl (C=O) groups is 1. The van der Waals surface area contributed by atoms with Crippen LogP contribution in [0.25, 0.3) is 0 Å². The number of hydrogen-bond acceptors (Lipinski definition) is 3. The van der Waals surface area contributed by atoms with E-state index in [1.807, 2.05) is 12.1 Å². The van der Waals surface area contributed by atoms with Gasteiger partial charge < -0.3 is 16.2 Å². The van der Waals surface area contributed by atoms with E-state index >= 15 is 0 Å². The lowest BCUT2D eigenvalue weighted by Gasteiger charge is -2.23. The first-order valence-corrected chi connectivity index (χ1v) is 6.05. The van der Waals surface area contributed by atoms with Gasteiger partial charge in [-0.3, -0.25) is 4.79 Å². The van der Waals surface area contributed by atoms with Gasteiger partial charge in [0.2, 0.25) is 0 Å². The molecule has 0 spiro atoms. The van der Waals surface area contributed by atoms with Gasteiger partial charge in [-0.05, 0) is 31.5 Å². The Hall–Kier alpha value is -1.46. The maximum atomic E-state index is 11.9. The van der Waals surface area contributed by atoms with Crippen molar-refractivity contribution >= 4 is 23.1 Å². The van der Waals surface area contributed by atoms with Crippen molar-refractivity contribution in [1.29, 1.82) is 0 Å². The van der Waals surface area contributed by atoms with E-state index in [1.165, 1.54) is 0 Å². The second kappa shape index (κ2) is 5.93. The van der Waals surface area contributed by atoms with Crippen LogP contribution in [0.5, 0.6) is 0 Å². The number of nitrogens with two attached hydrogens (primary N) is 1. The first-order chi connectivity index (χ1) is 8.34. The molecule has 1 rings (SSSR count). The molecule has 0 aliphatic rings. The molecule has 1 aromatic carbocycles. The highest BCUT2D eigenvalue weighted by molar-refractivity contribution is 7.80. The summed E-state index contributed by atoms with van der Waals surface area (Å²) in [6, 6.07) is 7.08. The summed E-state index contributed by atoms with van der Waals surface area (Å²) in [6.07, 6.45) is 0.527. The number of rotatable bonds is 5. The Kier molecular flexibility index (Phi) is 4.81. The lowest BCUT2D eigenvalue weighted by Crippen LogP contribution is -2.46. The minimum absolute atomic E-state index is 0.113. The number of aliphatic hydroxyl groups is 1. The van der Waals surface area contributed by atoms with E-state index in [0.29, 0.717) is 17.0 Å².